The molecule has 15 heavy (non-hydrogen) atoms. The minimum absolute atomic E-state index is 0.0238. The van der Waals surface area contributed by atoms with E-state index < -0.39 is 0 Å². The average Bonchev–Trinajstić information content (AvgIpc) is 2.29. The summed E-state index contributed by atoms with van der Waals surface area (Å²) >= 11 is 0. The van der Waals surface area contributed by atoms with Crippen LogP contribution in [0.15, 0.2) is 53.5 Å². The van der Waals surface area contributed by atoms with Gasteiger partial charge in [0, 0.05) is 6.20 Å². The van der Waals surface area contributed by atoms with Crippen LogP contribution in [0.2, 0.25) is 0 Å². The second kappa shape index (κ2) is 2.95. The zero-order valence-corrected chi connectivity index (χ0v) is 8.03. The first-order valence-electron chi connectivity index (χ1n) is 4.85. The quantitative estimate of drug-likeness (QED) is 0.549. The third-order valence-corrected chi connectivity index (χ3v) is 2.67. The van der Waals surface area contributed by atoms with Gasteiger partial charge in [-0.05, 0) is 22.2 Å². The Kier molecular flexibility index (Phi) is 1.62. The predicted molar refractivity (Wildman–Crippen MR) is 62.1 cm³/mol. The Morgan fingerprint density at radius 3 is 2.60 bits per heavy atom. The van der Waals surface area contributed by atoms with Crippen molar-refractivity contribution in [1.29, 1.82) is 0 Å². The predicted octanol–water partition coefficient (Wildman–Crippen LogP) is 2.68. The molecule has 0 spiro atoms. The van der Waals surface area contributed by atoms with E-state index in [0.717, 1.165) is 21.5 Å². The van der Waals surface area contributed by atoms with Crippen LogP contribution in [-0.4, -0.2) is 4.98 Å². The van der Waals surface area contributed by atoms with Crippen molar-refractivity contribution < 1.29 is 0 Å². The fourth-order valence-corrected chi connectivity index (χ4v) is 1.96. The van der Waals surface area contributed by atoms with Gasteiger partial charge in [0.1, 0.15) is 0 Å². The Balaban J connectivity index is 2.70. The molecular weight excluding hydrogens is 186 g/mol. The van der Waals surface area contributed by atoms with E-state index in [0.29, 0.717) is 0 Å². The van der Waals surface area contributed by atoms with E-state index in [1.807, 2.05) is 42.5 Å². The fourth-order valence-electron chi connectivity index (χ4n) is 1.96. The first-order valence-corrected chi connectivity index (χ1v) is 4.85. The van der Waals surface area contributed by atoms with Crippen molar-refractivity contribution in [2.75, 3.05) is 0 Å². The smallest absolute Gasteiger partial charge is 0.256 e. The molecule has 2 heteroatoms. The molecular formula is C13H9NO. The normalized spacial score (nSPS) is 10.9. The maximum Gasteiger partial charge on any atom is 0.256 e. The second-order valence-corrected chi connectivity index (χ2v) is 3.56. The summed E-state index contributed by atoms with van der Waals surface area (Å²) in [5.41, 5.74) is -0.0238. The highest BCUT2D eigenvalue weighted by Crippen LogP contribution is 2.21. The summed E-state index contributed by atoms with van der Waals surface area (Å²) < 4.78 is 0. The molecule has 0 bridgehead atoms. The molecule has 0 aliphatic carbocycles. The molecule has 0 amide bonds. The van der Waals surface area contributed by atoms with Gasteiger partial charge in [-0.15, -0.1) is 0 Å². The summed E-state index contributed by atoms with van der Waals surface area (Å²) in [6.45, 7) is 0. The first kappa shape index (κ1) is 8.24. The van der Waals surface area contributed by atoms with Crippen LogP contribution in [0.4, 0.5) is 0 Å². The number of aromatic amines is 1. The summed E-state index contributed by atoms with van der Waals surface area (Å²) in [4.78, 5) is 14.4. The largest absolute Gasteiger partial charge is 0.329 e. The molecule has 0 saturated heterocycles. The molecule has 0 atom stereocenters. The molecule has 1 aromatic heterocycles. The minimum Gasteiger partial charge on any atom is -0.329 e. The van der Waals surface area contributed by atoms with Crippen LogP contribution in [0.25, 0.3) is 21.5 Å². The summed E-state index contributed by atoms with van der Waals surface area (Å²) in [5.74, 6) is 0. The molecule has 0 saturated carbocycles. The molecule has 0 aliphatic heterocycles. The average molecular weight is 195 g/mol. The number of pyridine rings is 1. The monoisotopic (exact) mass is 195 g/mol. The lowest BCUT2D eigenvalue weighted by Gasteiger charge is -2.01. The SMILES string of the molecule is O=c1[nH]ccc2ccc3ccccc3c12. The number of fused-ring (bicyclic) bond motifs is 3. The van der Waals surface area contributed by atoms with E-state index in [2.05, 4.69) is 4.98 Å². The maximum absolute atomic E-state index is 11.7. The Bertz CT molecular complexity index is 697. The lowest BCUT2D eigenvalue weighted by atomic mass is 10.0. The molecule has 2 aromatic carbocycles. The number of hydrogen-bond acceptors (Lipinski definition) is 1. The van der Waals surface area contributed by atoms with Gasteiger partial charge in [0.25, 0.3) is 5.56 Å². The van der Waals surface area contributed by atoms with Crippen molar-refractivity contribution in [3.63, 3.8) is 0 Å². The Morgan fingerprint density at radius 2 is 1.67 bits per heavy atom. The van der Waals surface area contributed by atoms with Gasteiger partial charge in [0.15, 0.2) is 0 Å². The molecule has 1 heterocycles. The molecule has 72 valence electrons. The molecule has 0 fully saturated rings. The highest BCUT2D eigenvalue weighted by atomic mass is 16.1. The van der Waals surface area contributed by atoms with Gasteiger partial charge in [0.2, 0.25) is 0 Å². The van der Waals surface area contributed by atoms with Gasteiger partial charge in [-0.3, -0.25) is 4.79 Å². The van der Waals surface area contributed by atoms with Crippen molar-refractivity contribution in [2.45, 2.75) is 0 Å². The van der Waals surface area contributed by atoms with Gasteiger partial charge in [-0.25, -0.2) is 0 Å². The van der Waals surface area contributed by atoms with Gasteiger partial charge >= 0.3 is 0 Å². The standard InChI is InChI=1S/C13H9NO/c15-13-12-10(7-8-14-13)6-5-9-3-1-2-4-11(9)12/h1-8H,(H,14,15). The van der Waals surface area contributed by atoms with Crippen LogP contribution in [0.5, 0.6) is 0 Å². The topological polar surface area (TPSA) is 32.9 Å². The number of hydrogen-bond donors (Lipinski definition) is 1. The van der Waals surface area contributed by atoms with Crippen molar-refractivity contribution in [1.82, 2.24) is 4.98 Å². The summed E-state index contributed by atoms with van der Waals surface area (Å²) in [6.07, 6.45) is 1.68. The number of nitrogens with one attached hydrogen (secondary N) is 1. The number of H-pyrrole nitrogens is 1. The number of aromatic nitrogens is 1. The minimum atomic E-state index is -0.0238. The fraction of sp³-hybridized carbons (Fsp3) is 0. The van der Waals surface area contributed by atoms with Crippen molar-refractivity contribution in [2.24, 2.45) is 0 Å². The van der Waals surface area contributed by atoms with E-state index in [1.54, 1.807) is 6.20 Å². The van der Waals surface area contributed by atoms with Crippen LogP contribution >= 0.6 is 0 Å². The van der Waals surface area contributed by atoms with Crippen LogP contribution in [0.1, 0.15) is 0 Å². The van der Waals surface area contributed by atoms with Gasteiger partial charge in [0.05, 0.1) is 5.39 Å². The van der Waals surface area contributed by atoms with E-state index in [4.69, 9.17) is 0 Å². The molecule has 3 rings (SSSR count). The van der Waals surface area contributed by atoms with Gasteiger partial charge in [-0.1, -0.05) is 36.4 Å². The number of rotatable bonds is 0. The van der Waals surface area contributed by atoms with Crippen molar-refractivity contribution in [3.8, 4) is 0 Å². The van der Waals surface area contributed by atoms with E-state index in [1.165, 1.54) is 0 Å². The third kappa shape index (κ3) is 1.15. The Hall–Kier alpha value is -2.09. The highest BCUT2D eigenvalue weighted by molar-refractivity contribution is 6.06. The Labute approximate surface area is 86.2 Å². The van der Waals surface area contributed by atoms with Gasteiger partial charge in [-0.2, -0.15) is 0 Å². The zero-order valence-electron chi connectivity index (χ0n) is 8.03. The summed E-state index contributed by atoms with van der Waals surface area (Å²) in [6, 6.07) is 13.9. The molecule has 1 N–H and O–H groups in total. The van der Waals surface area contributed by atoms with Crippen LogP contribution in [0, 0.1) is 0 Å². The zero-order chi connectivity index (χ0) is 10.3. The molecule has 0 aliphatic rings. The molecule has 2 nitrogen and oxygen atoms in total. The van der Waals surface area contributed by atoms with Crippen LogP contribution in [0.3, 0.4) is 0 Å². The maximum atomic E-state index is 11.7. The second-order valence-electron chi connectivity index (χ2n) is 3.56. The molecule has 0 radical (unpaired) electrons. The lowest BCUT2D eigenvalue weighted by molar-refractivity contribution is 1.28. The van der Waals surface area contributed by atoms with E-state index in [9.17, 15) is 4.79 Å². The number of benzene rings is 2. The van der Waals surface area contributed by atoms with E-state index in [-0.39, 0.29) is 5.56 Å². The summed E-state index contributed by atoms with van der Waals surface area (Å²) in [7, 11) is 0. The lowest BCUT2D eigenvalue weighted by Crippen LogP contribution is -2.04. The Morgan fingerprint density at radius 1 is 0.867 bits per heavy atom. The summed E-state index contributed by atoms with van der Waals surface area (Å²) in [5, 5.41) is 3.87. The molecule has 0 unspecified atom stereocenters. The van der Waals surface area contributed by atoms with Crippen molar-refractivity contribution in [3.05, 3.63) is 59.0 Å². The highest BCUT2D eigenvalue weighted by Gasteiger charge is 2.02. The first-order chi connectivity index (χ1) is 7.36. The van der Waals surface area contributed by atoms with Crippen LogP contribution in [-0.2, 0) is 0 Å². The third-order valence-electron chi connectivity index (χ3n) is 2.67. The van der Waals surface area contributed by atoms with Crippen LogP contribution < -0.4 is 5.56 Å². The van der Waals surface area contributed by atoms with E-state index >= 15 is 0 Å². The van der Waals surface area contributed by atoms with Gasteiger partial charge < -0.3 is 4.98 Å². The molecule has 3 aromatic rings. The van der Waals surface area contributed by atoms with Crippen molar-refractivity contribution >= 4 is 21.5 Å².